The van der Waals surface area contributed by atoms with Gasteiger partial charge in [-0.3, -0.25) is 10.0 Å². The molecule has 0 radical (unpaired) electrons. The Morgan fingerprint density at radius 2 is 1.90 bits per heavy atom. The summed E-state index contributed by atoms with van der Waals surface area (Å²) in [6.45, 7) is 5.30. The molecule has 3 rings (SSSR count). The van der Waals surface area contributed by atoms with Crippen LogP contribution in [-0.4, -0.2) is 38.2 Å². The van der Waals surface area contributed by atoms with Gasteiger partial charge in [-0.1, -0.05) is 42.5 Å². The Labute approximate surface area is 180 Å². The van der Waals surface area contributed by atoms with E-state index in [1.54, 1.807) is 26.3 Å². The van der Waals surface area contributed by atoms with Crippen LogP contribution in [0.1, 0.15) is 44.5 Å². The molecule has 0 saturated carbocycles. The van der Waals surface area contributed by atoms with Crippen LogP contribution in [0.15, 0.2) is 48.7 Å². The summed E-state index contributed by atoms with van der Waals surface area (Å²) in [5.74, 6) is -0.990. The predicted molar refractivity (Wildman–Crippen MR) is 114 cm³/mol. The number of hydroxylamine groups is 1. The maximum atomic E-state index is 12.5. The van der Waals surface area contributed by atoms with Gasteiger partial charge in [0, 0.05) is 6.42 Å². The van der Waals surface area contributed by atoms with Gasteiger partial charge in [0.25, 0.3) is 0 Å². The van der Waals surface area contributed by atoms with Crippen molar-refractivity contribution in [3.8, 4) is 0 Å². The second kappa shape index (κ2) is 9.57. The summed E-state index contributed by atoms with van der Waals surface area (Å²) in [5.41, 5.74) is 2.43. The molecule has 0 spiro atoms. The molecule has 1 heterocycles. The number of benzene rings is 2. The smallest absolute Gasteiger partial charge is 0.408 e. The van der Waals surface area contributed by atoms with Crippen molar-refractivity contribution >= 4 is 22.8 Å². The predicted octanol–water partition coefficient (Wildman–Crippen LogP) is 3.28. The van der Waals surface area contributed by atoms with E-state index in [-0.39, 0.29) is 6.42 Å². The van der Waals surface area contributed by atoms with Crippen LogP contribution in [-0.2, 0) is 16.0 Å². The summed E-state index contributed by atoms with van der Waals surface area (Å²) < 4.78 is 5.40. The number of nitrogens with zero attached hydrogens (tertiary/aromatic N) is 2. The van der Waals surface area contributed by atoms with Gasteiger partial charge in [-0.05, 0) is 49.4 Å². The number of hydrogen-bond acceptors (Lipinski definition) is 6. The van der Waals surface area contributed by atoms with Crippen LogP contribution in [0.4, 0.5) is 4.79 Å². The van der Waals surface area contributed by atoms with Crippen LogP contribution in [0.5, 0.6) is 0 Å². The summed E-state index contributed by atoms with van der Waals surface area (Å²) in [4.78, 5) is 24.6. The molecule has 4 N–H and O–H groups in total. The van der Waals surface area contributed by atoms with Crippen molar-refractivity contribution in [1.29, 1.82) is 0 Å². The Hall–Kier alpha value is -3.46. The number of H-pyrrole nitrogens is 1. The molecule has 2 amide bonds. The normalized spacial score (nSPS) is 13.4. The first-order chi connectivity index (χ1) is 14.7. The Balaban J connectivity index is 1.91. The molecule has 2 atom stereocenters. The van der Waals surface area contributed by atoms with E-state index in [1.165, 1.54) is 6.20 Å². The van der Waals surface area contributed by atoms with E-state index in [1.807, 2.05) is 42.5 Å². The third-order valence-electron chi connectivity index (χ3n) is 4.78. The maximum Gasteiger partial charge on any atom is 0.408 e. The van der Waals surface area contributed by atoms with Crippen LogP contribution in [0.2, 0.25) is 0 Å². The van der Waals surface area contributed by atoms with Crippen molar-refractivity contribution in [2.24, 2.45) is 5.92 Å². The van der Waals surface area contributed by atoms with E-state index in [2.05, 4.69) is 20.7 Å². The topological polar surface area (TPSA) is 129 Å². The Morgan fingerprint density at radius 1 is 1.16 bits per heavy atom. The van der Waals surface area contributed by atoms with Gasteiger partial charge in [0.05, 0.1) is 12.2 Å². The minimum Gasteiger partial charge on any atom is -0.444 e. The number of carbonyl (C=O) groups excluding carboxylic acids is 2. The van der Waals surface area contributed by atoms with Crippen LogP contribution in [0.25, 0.3) is 10.8 Å². The second-order valence-electron chi connectivity index (χ2n) is 8.40. The number of amides is 2. The number of aromatic nitrogens is 3. The average Bonchev–Trinajstić information content (AvgIpc) is 3.24. The highest BCUT2D eigenvalue weighted by molar-refractivity contribution is 5.83. The Kier molecular flexibility index (Phi) is 6.86. The average molecular weight is 425 g/mol. The third-order valence-corrected chi connectivity index (χ3v) is 4.78. The molecular formula is C22H27N5O4. The highest BCUT2D eigenvalue weighted by Gasteiger charge is 2.31. The van der Waals surface area contributed by atoms with Crippen LogP contribution < -0.4 is 10.8 Å². The molecule has 0 bridgehead atoms. The van der Waals surface area contributed by atoms with Gasteiger partial charge < -0.3 is 10.1 Å². The van der Waals surface area contributed by atoms with Gasteiger partial charge in [0.1, 0.15) is 11.3 Å². The van der Waals surface area contributed by atoms with Gasteiger partial charge in [-0.15, -0.1) is 0 Å². The fourth-order valence-electron chi connectivity index (χ4n) is 3.49. The Morgan fingerprint density at radius 3 is 2.55 bits per heavy atom. The quantitative estimate of drug-likeness (QED) is 0.340. The SMILES string of the molecule is CC(C)(C)OC(=O)NC(c1cn[nH]n1)C(CC(=O)NO)Cc1ccc2ccccc2c1. The monoisotopic (exact) mass is 425 g/mol. The van der Waals surface area contributed by atoms with Crippen LogP contribution >= 0.6 is 0 Å². The zero-order valence-electron chi connectivity index (χ0n) is 17.8. The van der Waals surface area contributed by atoms with Crippen molar-refractivity contribution in [2.75, 3.05) is 0 Å². The summed E-state index contributed by atoms with van der Waals surface area (Å²) in [5, 5.41) is 24.6. The minimum absolute atomic E-state index is 0.0450. The zero-order valence-corrected chi connectivity index (χ0v) is 17.8. The summed E-state index contributed by atoms with van der Waals surface area (Å²) in [6, 6.07) is 13.4. The fraction of sp³-hybridized carbons (Fsp3) is 0.364. The first kappa shape index (κ1) is 22.2. The molecule has 9 nitrogen and oxygen atoms in total. The fourth-order valence-corrected chi connectivity index (χ4v) is 3.49. The van der Waals surface area contributed by atoms with Crippen molar-refractivity contribution in [3.05, 3.63) is 59.9 Å². The second-order valence-corrected chi connectivity index (χ2v) is 8.40. The van der Waals surface area contributed by atoms with Gasteiger partial charge in [0.15, 0.2) is 0 Å². The lowest BCUT2D eigenvalue weighted by Gasteiger charge is -2.28. The molecule has 3 aromatic rings. The number of nitrogens with one attached hydrogen (secondary N) is 3. The van der Waals surface area contributed by atoms with E-state index in [9.17, 15) is 9.59 Å². The van der Waals surface area contributed by atoms with Crippen LogP contribution in [0.3, 0.4) is 0 Å². The number of ether oxygens (including phenoxy) is 1. The van der Waals surface area contributed by atoms with Crippen LogP contribution in [0, 0.1) is 5.92 Å². The summed E-state index contributed by atoms with van der Waals surface area (Å²) in [6.07, 6.45) is 1.27. The van der Waals surface area contributed by atoms with Gasteiger partial charge in [-0.25, -0.2) is 10.3 Å². The minimum atomic E-state index is -0.686. The lowest BCUT2D eigenvalue weighted by atomic mass is 9.87. The number of hydrogen-bond donors (Lipinski definition) is 4. The molecule has 1 aromatic heterocycles. The Bertz CT molecular complexity index is 1030. The molecular weight excluding hydrogens is 398 g/mol. The van der Waals surface area contributed by atoms with Crippen molar-refractivity contribution < 1.29 is 19.5 Å². The number of alkyl carbamates (subject to hydrolysis) is 1. The molecule has 2 aromatic carbocycles. The number of aromatic amines is 1. The van der Waals surface area contributed by atoms with Crippen molar-refractivity contribution in [2.45, 2.75) is 45.3 Å². The molecule has 164 valence electrons. The maximum absolute atomic E-state index is 12.5. The highest BCUT2D eigenvalue weighted by Crippen LogP contribution is 2.29. The molecule has 0 aliphatic rings. The van der Waals surface area contributed by atoms with E-state index in [0.717, 1.165) is 16.3 Å². The first-order valence-electron chi connectivity index (χ1n) is 10.0. The molecule has 0 aliphatic heterocycles. The number of fused-ring (bicyclic) bond motifs is 1. The summed E-state index contributed by atoms with van der Waals surface area (Å²) in [7, 11) is 0. The van der Waals surface area contributed by atoms with Gasteiger partial charge in [0.2, 0.25) is 5.91 Å². The molecule has 9 heteroatoms. The molecule has 31 heavy (non-hydrogen) atoms. The highest BCUT2D eigenvalue weighted by atomic mass is 16.6. The molecule has 0 aliphatic carbocycles. The molecule has 2 unspecified atom stereocenters. The van der Waals surface area contributed by atoms with E-state index in [0.29, 0.717) is 12.1 Å². The molecule has 0 saturated heterocycles. The number of rotatable bonds is 7. The third kappa shape index (κ3) is 6.26. The zero-order chi connectivity index (χ0) is 22.4. The standard InChI is InChI=1S/C22H27N5O4/c1-22(2,3)31-21(29)24-20(18-13-23-27-25-18)17(12-19(28)26-30)11-14-8-9-15-6-4-5-7-16(15)10-14/h4-10,13,17,20,30H,11-12H2,1-3H3,(H,24,29)(H,26,28)(H,23,25,27). The lowest BCUT2D eigenvalue weighted by molar-refractivity contribution is -0.130. The van der Waals surface area contributed by atoms with Crippen molar-refractivity contribution in [1.82, 2.24) is 26.2 Å². The number of carbonyl (C=O) groups is 2. The lowest BCUT2D eigenvalue weighted by Crippen LogP contribution is -2.40. The van der Waals surface area contributed by atoms with Crippen molar-refractivity contribution in [3.63, 3.8) is 0 Å². The first-order valence-corrected chi connectivity index (χ1v) is 10.0. The van der Waals surface area contributed by atoms with Gasteiger partial charge >= 0.3 is 6.09 Å². The molecule has 0 fully saturated rings. The largest absolute Gasteiger partial charge is 0.444 e. The van der Waals surface area contributed by atoms with E-state index in [4.69, 9.17) is 9.94 Å². The van der Waals surface area contributed by atoms with E-state index >= 15 is 0 Å². The van der Waals surface area contributed by atoms with E-state index < -0.39 is 29.6 Å². The van der Waals surface area contributed by atoms with Gasteiger partial charge in [-0.2, -0.15) is 15.4 Å². The summed E-state index contributed by atoms with van der Waals surface area (Å²) >= 11 is 0.